The van der Waals surface area contributed by atoms with Gasteiger partial charge in [-0.15, -0.1) is 11.3 Å². The smallest absolute Gasteiger partial charge is 0.195 e. The van der Waals surface area contributed by atoms with Crippen molar-refractivity contribution in [2.45, 2.75) is 45.3 Å². The SMILES string of the molecule is CC(N)Cc1c(N2CC(C)N(C)C(C)C2)nc2sccn12. The molecule has 6 heteroatoms. The van der Waals surface area contributed by atoms with Crippen LogP contribution in [0.4, 0.5) is 5.82 Å². The third kappa shape index (κ3) is 2.67. The van der Waals surface area contributed by atoms with E-state index in [2.05, 4.69) is 53.6 Å². The Labute approximate surface area is 130 Å². The lowest BCUT2D eigenvalue weighted by molar-refractivity contribution is 0.169. The lowest BCUT2D eigenvalue weighted by atomic mass is 10.1. The molecule has 0 radical (unpaired) electrons. The third-order valence-electron chi connectivity index (χ3n) is 4.51. The van der Waals surface area contributed by atoms with Crippen LogP contribution in [0.25, 0.3) is 4.96 Å². The summed E-state index contributed by atoms with van der Waals surface area (Å²) in [6.45, 7) is 8.68. The molecule has 0 aromatic carbocycles. The molecule has 0 bridgehead atoms. The summed E-state index contributed by atoms with van der Waals surface area (Å²) in [4.78, 5) is 10.8. The summed E-state index contributed by atoms with van der Waals surface area (Å²) in [5.41, 5.74) is 7.31. The summed E-state index contributed by atoms with van der Waals surface area (Å²) in [5.74, 6) is 1.13. The molecule has 21 heavy (non-hydrogen) atoms. The van der Waals surface area contributed by atoms with E-state index in [1.54, 1.807) is 11.3 Å². The van der Waals surface area contributed by atoms with E-state index in [0.717, 1.165) is 30.3 Å². The molecule has 0 amide bonds. The Bertz CT molecular complexity index is 605. The van der Waals surface area contributed by atoms with Crippen molar-refractivity contribution in [3.63, 3.8) is 0 Å². The van der Waals surface area contributed by atoms with Gasteiger partial charge in [0.25, 0.3) is 0 Å². The number of aromatic nitrogens is 2. The topological polar surface area (TPSA) is 49.8 Å². The summed E-state index contributed by atoms with van der Waals surface area (Å²) in [7, 11) is 2.21. The number of fused-ring (bicyclic) bond motifs is 1. The van der Waals surface area contributed by atoms with Gasteiger partial charge in [0.05, 0.1) is 5.69 Å². The Morgan fingerprint density at radius 2 is 2.05 bits per heavy atom. The van der Waals surface area contributed by atoms with E-state index < -0.39 is 0 Å². The first kappa shape index (κ1) is 14.8. The zero-order valence-electron chi connectivity index (χ0n) is 13.3. The Balaban J connectivity index is 1.97. The molecule has 1 aliphatic heterocycles. The van der Waals surface area contributed by atoms with Crippen LogP contribution in [0.3, 0.4) is 0 Å². The van der Waals surface area contributed by atoms with Crippen LogP contribution in [-0.2, 0) is 6.42 Å². The summed E-state index contributed by atoms with van der Waals surface area (Å²) >= 11 is 1.69. The molecule has 3 rings (SSSR count). The van der Waals surface area contributed by atoms with Gasteiger partial charge < -0.3 is 10.6 Å². The third-order valence-corrected chi connectivity index (χ3v) is 5.27. The van der Waals surface area contributed by atoms with Crippen LogP contribution in [0.5, 0.6) is 0 Å². The molecule has 116 valence electrons. The number of thiazole rings is 1. The Kier molecular flexibility index (Phi) is 3.94. The minimum atomic E-state index is 0.144. The van der Waals surface area contributed by atoms with Crippen molar-refractivity contribution >= 4 is 22.1 Å². The van der Waals surface area contributed by atoms with Crippen molar-refractivity contribution in [2.75, 3.05) is 25.0 Å². The maximum atomic E-state index is 6.05. The molecule has 5 nitrogen and oxygen atoms in total. The average Bonchev–Trinajstić information content (AvgIpc) is 2.98. The monoisotopic (exact) mass is 307 g/mol. The van der Waals surface area contributed by atoms with E-state index in [1.807, 2.05) is 0 Å². The normalized spacial score (nSPS) is 25.7. The van der Waals surface area contributed by atoms with Gasteiger partial charge in [0, 0.05) is 49.2 Å². The highest BCUT2D eigenvalue weighted by molar-refractivity contribution is 7.15. The van der Waals surface area contributed by atoms with Gasteiger partial charge in [-0.1, -0.05) is 0 Å². The minimum Gasteiger partial charge on any atom is -0.352 e. The molecule has 2 aromatic heterocycles. The molecule has 3 unspecified atom stereocenters. The quantitative estimate of drug-likeness (QED) is 0.939. The average molecular weight is 307 g/mol. The highest BCUT2D eigenvalue weighted by Crippen LogP contribution is 2.28. The molecular weight excluding hydrogens is 282 g/mol. The van der Waals surface area contributed by atoms with Gasteiger partial charge >= 0.3 is 0 Å². The first-order valence-electron chi connectivity index (χ1n) is 7.64. The fourth-order valence-electron chi connectivity index (χ4n) is 3.15. The second-order valence-corrected chi connectivity index (χ2v) is 7.26. The van der Waals surface area contributed by atoms with Crippen molar-refractivity contribution in [1.29, 1.82) is 0 Å². The number of nitrogens with zero attached hydrogens (tertiary/aromatic N) is 4. The molecule has 3 atom stereocenters. The van der Waals surface area contributed by atoms with E-state index in [4.69, 9.17) is 10.7 Å². The number of piperazine rings is 1. The van der Waals surface area contributed by atoms with Gasteiger partial charge in [-0.25, -0.2) is 4.98 Å². The van der Waals surface area contributed by atoms with Gasteiger partial charge in [0.1, 0.15) is 0 Å². The fourth-order valence-corrected chi connectivity index (χ4v) is 3.87. The number of hydrogen-bond donors (Lipinski definition) is 1. The second kappa shape index (κ2) is 5.59. The van der Waals surface area contributed by atoms with Crippen molar-refractivity contribution in [3.05, 3.63) is 17.3 Å². The minimum absolute atomic E-state index is 0.144. The number of nitrogens with two attached hydrogens (primary N) is 1. The summed E-state index contributed by atoms with van der Waals surface area (Å²) < 4.78 is 2.21. The number of hydrogen-bond acceptors (Lipinski definition) is 5. The first-order chi connectivity index (χ1) is 9.97. The predicted molar refractivity (Wildman–Crippen MR) is 89.3 cm³/mol. The zero-order valence-corrected chi connectivity index (χ0v) is 14.1. The standard InChI is InChI=1S/C15H25N5S/c1-10(16)7-13-14(17-15-20(13)5-6-21-15)19-8-11(2)18(4)12(3)9-19/h5-6,10-12H,7-9,16H2,1-4H3. The van der Waals surface area contributed by atoms with Crippen LogP contribution in [-0.4, -0.2) is 52.5 Å². The number of rotatable bonds is 3. The summed E-state index contributed by atoms with van der Waals surface area (Å²) in [5, 5.41) is 2.09. The number of likely N-dealkylation sites (N-methyl/N-ethyl adjacent to an activating group) is 1. The maximum absolute atomic E-state index is 6.05. The molecular formula is C15H25N5S. The molecule has 2 aromatic rings. The maximum Gasteiger partial charge on any atom is 0.195 e. The predicted octanol–water partition coefficient (Wildman–Crippen LogP) is 1.81. The van der Waals surface area contributed by atoms with E-state index >= 15 is 0 Å². The van der Waals surface area contributed by atoms with Crippen LogP contribution in [0.15, 0.2) is 11.6 Å². The van der Waals surface area contributed by atoms with E-state index in [-0.39, 0.29) is 6.04 Å². The molecule has 0 saturated carbocycles. The van der Waals surface area contributed by atoms with Gasteiger partial charge in [-0.2, -0.15) is 0 Å². The van der Waals surface area contributed by atoms with Crippen LogP contribution < -0.4 is 10.6 Å². The van der Waals surface area contributed by atoms with E-state index in [1.165, 1.54) is 5.69 Å². The van der Waals surface area contributed by atoms with Gasteiger partial charge in [0.15, 0.2) is 10.8 Å². The summed E-state index contributed by atoms with van der Waals surface area (Å²) in [6, 6.07) is 1.22. The highest BCUT2D eigenvalue weighted by Gasteiger charge is 2.30. The number of anilines is 1. The molecule has 1 aliphatic rings. The fraction of sp³-hybridized carbons (Fsp3) is 0.667. The molecule has 1 saturated heterocycles. The highest BCUT2D eigenvalue weighted by atomic mass is 32.1. The Morgan fingerprint density at radius 3 is 2.67 bits per heavy atom. The lowest BCUT2D eigenvalue weighted by Gasteiger charge is -2.43. The Hall–Kier alpha value is -1.11. The van der Waals surface area contributed by atoms with Gasteiger partial charge in [-0.05, 0) is 27.8 Å². The second-order valence-electron chi connectivity index (χ2n) is 6.39. The van der Waals surface area contributed by atoms with Crippen LogP contribution >= 0.6 is 11.3 Å². The van der Waals surface area contributed by atoms with Crippen molar-refractivity contribution < 1.29 is 0 Å². The van der Waals surface area contributed by atoms with Crippen molar-refractivity contribution in [1.82, 2.24) is 14.3 Å². The van der Waals surface area contributed by atoms with Crippen LogP contribution in [0.1, 0.15) is 26.5 Å². The first-order valence-corrected chi connectivity index (χ1v) is 8.52. The zero-order chi connectivity index (χ0) is 15.1. The van der Waals surface area contributed by atoms with Crippen molar-refractivity contribution in [3.8, 4) is 0 Å². The van der Waals surface area contributed by atoms with E-state index in [0.29, 0.717) is 12.1 Å². The lowest BCUT2D eigenvalue weighted by Crippen LogP contribution is -2.55. The largest absolute Gasteiger partial charge is 0.352 e. The molecule has 1 fully saturated rings. The molecule has 2 N–H and O–H groups in total. The summed E-state index contributed by atoms with van der Waals surface area (Å²) in [6.07, 6.45) is 2.97. The molecule has 0 spiro atoms. The van der Waals surface area contributed by atoms with Crippen LogP contribution in [0, 0.1) is 0 Å². The molecule has 0 aliphatic carbocycles. The number of imidazole rings is 1. The van der Waals surface area contributed by atoms with Crippen LogP contribution in [0.2, 0.25) is 0 Å². The van der Waals surface area contributed by atoms with Gasteiger partial charge in [-0.3, -0.25) is 9.30 Å². The molecule has 3 heterocycles. The Morgan fingerprint density at radius 1 is 1.38 bits per heavy atom. The van der Waals surface area contributed by atoms with Crippen molar-refractivity contribution in [2.24, 2.45) is 5.73 Å². The van der Waals surface area contributed by atoms with E-state index in [9.17, 15) is 0 Å². The van der Waals surface area contributed by atoms with Gasteiger partial charge in [0.2, 0.25) is 0 Å².